The summed E-state index contributed by atoms with van der Waals surface area (Å²) < 4.78 is 2.21. The van der Waals surface area contributed by atoms with Crippen LogP contribution < -0.4 is 5.32 Å². The van der Waals surface area contributed by atoms with Crippen LogP contribution in [0.25, 0.3) is 83.6 Å². The maximum atomic E-state index is 5.21. The summed E-state index contributed by atoms with van der Waals surface area (Å²) in [5, 5.41) is 6.06. The predicted octanol–water partition coefficient (Wildman–Crippen LogP) is 13.7. The number of rotatable bonds is 8. The van der Waals surface area contributed by atoms with Crippen molar-refractivity contribution in [3.8, 4) is 61.8 Å². The van der Waals surface area contributed by atoms with E-state index in [0.717, 1.165) is 77.9 Å². The number of hydrogen-bond acceptors (Lipinski definition) is 3. The van der Waals surface area contributed by atoms with Gasteiger partial charge in [0, 0.05) is 38.8 Å². The summed E-state index contributed by atoms with van der Waals surface area (Å²) in [6.45, 7) is 0. The van der Waals surface area contributed by atoms with Crippen molar-refractivity contribution in [3.05, 3.63) is 212 Å². The van der Waals surface area contributed by atoms with Crippen LogP contribution in [0, 0.1) is 0 Å². The standard InChI is InChI=1S/C52H36N4/c1-5-15-36(16-6-1)37-25-29-43(30-26-37)53-49-34-42(27-31-44(49)38-17-7-2-8-18-38)41-28-32-51-46(33-41)45-23-13-14-24-50(45)56(51)52-54-47(39-19-9-3-10-20-39)35-48(55-52)40-21-11-4-12-22-40/h1-35,53H. The van der Waals surface area contributed by atoms with Gasteiger partial charge in [0.25, 0.3) is 0 Å². The van der Waals surface area contributed by atoms with Gasteiger partial charge in [-0.1, -0.05) is 170 Å². The van der Waals surface area contributed by atoms with E-state index in [1.165, 1.54) is 11.1 Å². The molecule has 0 fully saturated rings. The number of anilines is 2. The zero-order chi connectivity index (χ0) is 37.3. The lowest BCUT2D eigenvalue weighted by Crippen LogP contribution is -2.04. The highest BCUT2D eigenvalue weighted by Gasteiger charge is 2.18. The van der Waals surface area contributed by atoms with Crippen LogP contribution >= 0.6 is 0 Å². The first-order valence-electron chi connectivity index (χ1n) is 18.9. The minimum Gasteiger partial charge on any atom is -0.355 e. The van der Waals surface area contributed by atoms with Gasteiger partial charge in [-0.15, -0.1) is 0 Å². The van der Waals surface area contributed by atoms with Crippen molar-refractivity contribution in [1.82, 2.24) is 14.5 Å². The van der Waals surface area contributed by atoms with Crippen molar-refractivity contribution in [2.24, 2.45) is 0 Å². The third-order valence-electron chi connectivity index (χ3n) is 10.4. The van der Waals surface area contributed by atoms with Crippen molar-refractivity contribution in [2.75, 3.05) is 5.32 Å². The average Bonchev–Trinajstić information content (AvgIpc) is 3.61. The van der Waals surface area contributed by atoms with Gasteiger partial charge < -0.3 is 5.32 Å². The summed E-state index contributed by atoms with van der Waals surface area (Å²) in [5.41, 5.74) is 15.0. The number of aromatic nitrogens is 3. The molecule has 0 saturated heterocycles. The van der Waals surface area contributed by atoms with Crippen LogP contribution in [0.5, 0.6) is 0 Å². The third kappa shape index (κ3) is 6.29. The molecule has 10 rings (SSSR count). The van der Waals surface area contributed by atoms with Gasteiger partial charge >= 0.3 is 0 Å². The molecule has 0 amide bonds. The summed E-state index contributed by atoms with van der Waals surface area (Å²) in [4.78, 5) is 10.4. The van der Waals surface area contributed by atoms with Gasteiger partial charge in [-0.2, -0.15) is 0 Å². The number of nitrogens with zero attached hydrogens (tertiary/aromatic N) is 3. The molecule has 2 aromatic heterocycles. The van der Waals surface area contributed by atoms with Crippen LogP contribution in [-0.4, -0.2) is 14.5 Å². The van der Waals surface area contributed by atoms with Crippen LogP contribution in [0.1, 0.15) is 0 Å². The first-order valence-corrected chi connectivity index (χ1v) is 18.9. The van der Waals surface area contributed by atoms with Gasteiger partial charge in [0.2, 0.25) is 5.95 Å². The molecule has 264 valence electrons. The Balaban J connectivity index is 1.09. The lowest BCUT2D eigenvalue weighted by atomic mass is 9.97. The molecule has 0 bridgehead atoms. The van der Waals surface area contributed by atoms with Crippen LogP contribution in [0.2, 0.25) is 0 Å². The van der Waals surface area contributed by atoms with Crippen LogP contribution in [-0.2, 0) is 0 Å². The lowest BCUT2D eigenvalue weighted by molar-refractivity contribution is 0.995. The van der Waals surface area contributed by atoms with Crippen molar-refractivity contribution in [3.63, 3.8) is 0 Å². The third-order valence-corrected chi connectivity index (χ3v) is 10.4. The fourth-order valence-electron chi connectivity index (χ4n) is 7.64. The molecule has 2 heterocycles. The number of nitrogens with one attached hydrogen (secondary N) is 1. The molecule has 0 spiro atoms. The molecule has 0 unspecified atom stereocenters. The lowest BCUT2D eigenvalue weighted by Gasteiger charge is -2.15. The van der Waals surface area contributed by atoms with Crippen molar-refractivity contribution in [1.29, 1.82) is 0 Å². The Morgan fingerprint density at radius 2 is 0.821 bits per heavy atom. The average molecular weight is 717 g/mol. The highest BCUT2D eigenvalue weighted by atomic mass is 15.2. The molecule has 1 N–H and O–H groups in total. The second-order valence-electron chi connectivity index (χ2n) is 13.9. The quantitative estimate of drug-likeness (QED) is 0.170. The van der Waals surface area contributed by atoms with Gasteiger partial charge in [0.05, 0.1) is 22.4 Å². The SMILES string of the molecule is c1ccc(-c2ccc(Nc3cc(-c4ccc5c(c4)c4ccccc4n5-c4nc(-c5ccccc5)cc(-c5ccccc5)n4)ccc3-c3ccccc3)cc2)cc1. The van der Waals surface area contributed by atoms with E-state index in [0.29, 0.717) is 5.95 Å². The Morgan fingerprint density at radius 1 is 0.339 bits per heavy atom. The maximum Gasteiger partial charge on any atom is 0.235 e. The second kappa shape index (κ2) is 14.3. The summed E-state index contributed by atoms with van der Waals surface area (Å²) in [6.07, 6.45) is 0. The Bertz CT molecular complexity index is 2900. The molecule has 0 aliphatic carbocycles. The first kappa shape index (κ1) is 33.0. The fourth-order valence-corrected chi connectivity index (χ4v) is 7.64. The summed E-state index contributed by atoms with van der Waals surface area (Å²) in [5.74, 6) is 0.640. The molecule has 0 aliphatic heterocycles. The van der Waals surface area contributed by atoms with Gasteiger partial charge in [0.15, 0.2) is 0 Å². The van der Waals surface area contributed by atoms with Gasteiger partial charge in [-0.05, 0) is 70.3 Å². The molecule has 4 nitrogen and oxygen atoms in total. The molecular weight excluding hydrogens is 681 g/mol. The van der Waals surface area contributed by atoms with E-state index in [-0.39, 0.29) is 0 Å². The number of benzene rings is 8. The van der Waals surface area contributed by atoms with E-state index >= 15 is 0 Å². The summed E-state index contributed by atoms with van der Waals surface area (Å²) in [7, 11) is 0. The first-order chi connectivity index (χ1) is 27.7. The number of para-hydroxylation sites is 1. The largest absolute Gasteiger partial charge is 0.355 e. The number of fused-ring (bicyclic) bond motifs is 3. The Kier molecular flexibility index (Phi) is 8.47. The number of hydrogen-bond donors (Lipinski definition) is 1. The summed E-state index contributed by atoms with van der Waals surface area (Å²) >= 11 is 0. The minimum atomic E-state index is 0.640. The smallest absolute Gasteiger partial charge is 0.235 e. The molecular formula is C52H36N4. The molecule has 0 radical (unpaired) electrons. The van der Waals surface area contributed by atoms with E-state index in [1.807, 2.05) is 18.2 Å². The summed E-state index contributed by atoms with van der Waals surface area (Å²) in [6, 6.07) is 74.5. The normalized spacial score (nSPS) is 11.2. The minimum absolute atomic E-state index is 0.640. The molecule has 56 heavy (non-hydrogen) atoms. The Morgan fingerprint density at radius 3 is 1.46 bits per heavy atom. The Labute approximate surface area is 326 Å². The van der Waals surface area contributed by atoms with E-state index in [4.69, 9.17) is 9.97 Å². The van der Waals surface area contributed by atoms with Crippen LogP contribution in [0.15, 0.2) is 212 Å². The van der Waals surface area contributed by atoms with E-state index in [9.17, 15) is 0 Å². The zero-order valence-corrected chi connectivity index (χ0v) is 30.5. The van der Waals surface area contributed by atoms with Crippen molar-refractivity contribution >= 4 is 33.2 Å². The molecule has 0 atom stereocenters. The highest BCUT2D eigenvalue weighted by molar-refractivity contribution is 6.10. The van der Waals surface area contributed by atoms with Crippen molar-refractivity contribution < 1.29 is 0 Å². The van der Waals surface area contributed by atoms with E-state index in [2.05, 4.69) is 204 Å². The molecule has 8 aromatic carbocycles. The zero-order valence-electron chi connectivity index (χ0n) is 30.5. The highest BCUT2D eigenvalue weighted by Crippen LogP contribution is 2.39. The Hall–Kier alpha value is -7.56. The predicted molar refractivity (Wildman–Crippen MR) is 233 cm³/mol. The van der Waals surface area contributed by atoms with E-state index < -0.39 is 0 Å². The molecule has 10 aromatic rings. The van der Waals surface area contributed by atoms with Gasteiger partial charge in [0.1, 0.15) is 0 Å². The van der Waals surface area contributed by atoms with Crippen molar-refractivity contribution in [2.45, 2.75) is 0 Å². The van der Waals surface area contributed by atoms with E-state index in [1.54, 1.807) is 0 Å². The van der Waals surface area contributed by atoms with Crippen LogP contribution in [0.4, 0.5) is 11.4 Å². The molecule has 0 aliphatic rings. The molecule has 4 heteroatoms. The maximum absolute atomic E-state index is 5.21. The van der Waals surface area contributed by atoms with Gasteiger partial charge in [-0.25, -0.2) is 9.97 Å². The fraction of sp³-hybridized carbons (Fsp3) is 0. The monoisotopic (exact) mass is 716 g/mol. The topological polar surface area (TPSA) is 42.7 Å². The van der Waals surface area contributed by atoms with Gasteiger partial charge in [-0.3, -0.25) is 4.57 Å². The van der Waals surface area contributed by atoms with Crippen LogP contribution in [0.3, 0.4) is 0 Å². The second-order valence-corrected chi connectivity index (χ2v) is 13.9. The molecule has 0 saturated carbocycles.